The lowest BCUT2D eigenvalue weighted by molar-refractivity contribution is 0.248. The van der Waals surface area contributed by atoms with Crippen molar-refractivity contribution in [3.8, 4) is 0 Å². The Morgan fingerprint density at radius 2 is 2.00 bits per heavy atom. The van der Waals surface area contributed by atoms with Gasteiger partial charge in [0, 0.05) is 12.2 Å². The van der Waals surface area contributed by atoms with Crippen LogP contribution in [0.2, 0.25) is 0 Å². The van der Waals surface area contributed by atoms with E-state index in [4.69, 9.17) is 0 Å². The molecule has 92 valence electrons. The second kappa shape index (κ2) is 4.86. The Hall–Kier alpha value is -2.05. The van der Waals surface area contributed by atoms with Crippen molar-refractivity contribution in [2.45, 2.75) is 31.7 Å². The number of carbonyl (C=O) groups is 1. The van der Waals surface area contributed by atoms with Crippen LogP contribution >= 0.6 is 0 Å². The first-order valence-corrected chi connectivity index (χ1v) is 5.54. The van der Waals surface area contributed by atoms with Gasteiger partial charge in [-0.15, -0.1) is 0 Å². The Balaban J connectivity index is 1.97. The first-order chi connectivity index (χ1) is 8.15. The normalized spacial score (nSPS) is 15.8. The molecule has 1 aliphatic carbocycles. The van der Waals surface area contributed by atoms with Crippen LogP contribution < -0.4 is 21.9 Å². The number of amides is 2. The number of rotatable bonds is 2. The van der Waals surface area contributed by atoms with E-state index in [9.17, 15) is 14.4 Å². The minimum absolute atomic E-state index is 0.0279. The molecule has 7 heteroatoms. The molecule has 0 aromatic carbocycles. The number of carbonyl (C=O) groups excluding carboxylic acids is 1. The first-order valence-electron chi connectivity index (χ1n) is 5.54. The van der Waals surface area contributed by atoms with E-state index in [1.807, 2.05) is 4.98 Å². The number of hydrogen-bond donors (Lipinski definition) is 4. The van der Waals surface area contributed by atoms with Gasteiger partial charge < -0.3 is 15.6 Å². The van der Waals surface area contributed by atoms with E-state index in [1.165, 1.54) is 6.20 Å². The highest BCUT2D eigenvalue weighted by atomic mass is 16.2. The Bertz CT molecular complexity index is 513. The maximum atomic E-state index is 11.5. The molecule has 0 bridgehead atoms. The van der Waals surface area contributed by atoms with Gasteiger partial charge in [0.1, 0.15) is 5.69 Å². The van der Waals surface area contributed by atoms with Gasteiger partial charge in [-0.3, -0.25) is 9.78 Å². The molecule has 1 fully saturated rings. The van der Waals surface area contributed by atoms with Crippen LogP contribution in [0.5, 0.6) is 0 Å². The summed E-state index contributed by atoms with van der Waals surface area (Å²) >= 11 is 0. The maximum Gasteiger partial charge on any atom is 0.325 e. The number of aromatic amines is 2. The summed E-state index contributed by atoms with van der Waals surface area (Å²) in [5.74, 6) is 0. The van der Waals surface area contributed by atoms with Gasteiger partial charge in [0.2, 0.25) is 0 Å². The molecule has 0 atom stereocenters. The number of nitrogens with one attached hydrogen (secondary N) is 4. The van der Waals surface area contributed by atoms with Crippen LogP contribution in [-0.4, -0.2) is 22.0 Å². The summed E-state index contributed by atoms with van der Waals surface area (Å²) < 4.78 is 0. The van der Waals surface area contributed by atoms with E-state index in [1.54, 1.807) is 0 Å². The molecule has 4 N–H and O–H groups in total. The predicted octanol–water partition coefficient (Wildman–Crippen LogP) is 0.127. The van der Waals surface area contributed by atoms with Crippen molar-refractivity contribution in [2.75, 3.05) is 5.32 Å². The molecule has 1 saturated carbocycles. The summed E-state index contributed by atoms with van der Waals surface area (Å²) in [6, 6.07) is -0.244. The zero-order valence-electron chi connectivity index (χ0n) is 9.21. The Kier molecular flexibility index (Phi) is 3.27. The van der Waals surface area contributed by atoms with E-state index in [0.29, 0.717) is 0 Å². The molecule has 0 aliphatic heterocycles. The van der Waals surface area contributed by atoms with Crippen LogP contribution in [0.15, 0.2) is 15.8 Å². The third-order valence-corrected chi connectivity index (χ3v) is 2.76. The topological polar surface area (TPSA) is 107 Å². The largest absolute Gasteiger partial charge is 0.335 e. The minimum atomic E-state index is -0.615. The number of urea groups is 1. The van der Waals surface area contributed by atoms with Crippen LogP contribution in [0.3, 0.4) is 0 Å². The minimum Gasteiger partial charge on any atom is -0.335 e. The molecule has 2 rings (SSSR count). The third-order valence-electron chi connectivity index (χ3n) is 2.76. The molecule has 7 nitrogen and oxygen atoms in total. The van der Waals surface area contributed by atoms with Crippen LogP contribution in [0.4, 0.5) is 10.5 Å². The Morgan fingerprint density at radius 1 is 1.29 bits per heavy atom. The van der Waals surface area contributed by atoms with Crippen molar-refractivity contribution in [2.24, 2.45) is 0 Å². The predicted molar refractivity (Wildman–Crippen MR) is 62.1 cm³/mol. The summed E-state index contributed by atoms with van der Waals surface area (Å²) in [4.78, 5) is 37.9. The van der Waals surface area contributed by atoms with Crippen molar-refractivity contribution in [3.63, 3.8) is 0 Å². The SMILES string of the molecule is O=C(Nc1c[nH]c(=O)[nH]c1=O)NC1CCCC1. The molecule has 0 unspecified atom stereocenters. The lowest BCUT2D eigenvalue weighted by Gasteiger charge is -2.12. The summed E-state index contributed by atoms with van der Waals surface area (Å²) in [6.07, 6.45) is 5.34. The van der Waals surface area contributed by atoms with Crippen molar-refractivity contribution < 1.29 is 4.79 Å². The quantitative estimate of drug-likeness (QED) is 0.588. The molecule has 0 spiro atoms. The van der Waals surface area contributed by atoms with Gasteiger partial charge in [0.25, 0.3) is 5.56 Å². The molecular formula is C10H14N4O3. The van der Waals surface area contributed by atoms with Crippen LogP contribution in [0.25, 0.3) is 0 Å². The summed E-state index contributed by atoms with van der Waals surface area (Å²) in [5, 5.41) is 5.17. The van der Waals surface area contributed by atoms with E-state index in [2.05, 4.69) is 15.6 Å². The second-order valence-electron chi connectivity index (χ2n) is 4.07. The Labute approximate surface area is 96.6 Å². The fraction of sp³-hybridized carbons (Fsp3) is 0.500. The summed E-state index contributed by atoms with van der Waals surface area (Å²) in [7, 11) is 0. The molecule has 0 radical (unpaired) electrons. The third kappa shape index (κ3) is 2.96. The highest BCUT2D eigenvalue weighted by Gasteiger charge is 2.17. The molecule has 0 saturated heterocycles. The molecule has 1 aromatic heterocycles. The average molecular weight is 238 g/mol. The number of anilines is 1. The first kappa shape index (κ1) is 11.4. The molecule has 1 heterocycles. The number of H-pyrrole nitrogens is 2. The fourth-order valence-corrected chi connectivity index (χ4v) is 1.92. The van der Waals surface area contributed by atoms with E-state index >= 15 is 0 Å². The number of hydrogen-bond acceptors (Lipinski definition) is 3. The van der Waals surface area contributed by atoms with Crippen molar-refractivity contribution in [1.29, 1.82) is 0 Å². The van der Waals surface area contributed by atoms with Gasteiger partial charge in [-0.2, -0.15) is 0 Å². The van der Waals surface area contributed by atoms with Crippen molar-refractivity contribution in [3.05, 3.63) is 27.0 Å². The summed E-state index contributed by atoms with van der Waals surface area (Å²) in [6.45, 7) is 0. The zero-order valence-corrected chi connectivity index (χ0v) is 9.21. The van der Waals surface area contributed by atoms with Gasteiger partial charge in [0.05, 0.1) is 0 Å². The van der Waals surface area contributed by atoms with Gasteiger partial charge in [0.15, 0.2) is 0 Å². The number of aromatic nitrogens is 2. The maximum absolute atomic E-state index is 11.5. The van der Waals surface area contributed by atoms with Crippen LogP contribution in [0, 0.1) is 0 Å². The van der Waals surface area contributed by atoms with Crippen molar-refractivity contribution in [1.82, 2.24) is 15.3 Å². The van der Waals surface area contributed by atoms with Gasteiger partial charge >= 0.3 is 11.7 Å². The molecule has 17 heavy (non-hydrogen) atoms. The van der Waals surface area contributed by atoms with E-state index in [-0.39, 0.29) is 11.7 Å². The van der Waals surface area contributed by atoms with Gasteiger partial charge in [-0.1, -0.05) is 12.8 Å². The fourth-order valence-electron chi connectivity index (χ4n) is 1.92. The lowest BCUT2D eigenvalue weighted by Crippen LogP contribution is -2.38. The standard InChI is InChI=1S/C10H14N4O3/c15-8-7(5-11-9(16)14-8)13-10(17)12-6-3-1-2-4-6/h5-6H,1-4H2,(H2,12,13,17)(H2,11,14,15,16). The highest BCUT2D eigenvalue weighted by Crippen LogP contribution is 2.17. The second-order valence-corrected chi connectivity index (χ2v) is 4.07. The summed E-state index contributed by atoms with van der Waals surface area (Å²) in [5.41, 5.74) is -1.19. The molecule has 1 aliphatic rings. The van der Waals surface area contributed by atoms with Gasteiger partial charge in [-0.05, 0) is 12.8 Å². The average Bonchev–Trinajstić information content (AvgIpc) is 2.75. The smallest absolute Gasteiger partial charge is 0.325 e. The molecule has 1 aromatic rings. The Morgan fingerprint density at radius 3 is 2.65 bits per heavy atom. The van der Waals surface area contributed by atoms with Crippen molar-refractivity contribution >= 4 is 11.7 Å². The molecule has 2 amide bonds. The van der Waals surface area contributed by atoms with E-state index < -0.39 is 17.3 Å². The zero-order chi connectivity index (χ0) is 12.3. The highest BCUT2D eigenvalue weighted by molar-refractivity contribution is 5.88. The van der Waals surface area contributed by atoms with E-state index in [0.717, 1.165) is 25.7 Å². The van der Waals surface area contributed by atoms with Gasteiger partial charge in [-0.25, -0.2) is 9.59 Å². The van der Waals surface area contributed by atoms with Crippen LogP contribution in [-0.2, 0) is 0 Å². The van der Waals surface area contributed by atoms with Crippen LogP contribution in [0.1, 0.15) is 25.7 Å². The monoisotopic (exact) mass is 238 g/mol. The molecular weight excluding hydrogens is 224 g/mol. The lowest BCUT2D eigenvalue weighted by atomic mass is 10.2.